The third-order valence-electron chi connectivity index (χ3n) is 1.75. The standard InChI is InChI=1S/C9H8F3NO2/c1-15-6-2-3-8(13-5-14)7(4-6)9(10,11)12/h2-5H,1H3,(H,13,14). The molecule has 0 aliphatic carbocycles. The van der Waals surface area contributed by atoms with Crippen LogP contribution in [0.5, 0.6) is 5.75 Å². The summed E-state index contributed by atoms with van der Waals surface area (Å²) in [5.74, 6) is 0.0822. The van der Waals surface area contributed by atoms with E-state index in [0.29, 0.717) is 0 Å². The monoisotopic (exact) mass is 219 g/mol. The molecule has 6 heteroatoms. The summed E-state index contributed by atoms with van der Waals surface area (Å²) in [6.07, 6.45) is -4.34. The van der Waals surface area contributed by atoms with Crippen LogP contribution in [0.2, 0.25) is 0 Å². The van der Waals surface area contributed by atoms with Gasteiger partial charge in [0.2, 0.25) is 6.41 Å². The molecule has 1 N–H and O–H groups in total. The first-order valence-corrected chi connectivity index (χ1v) is 3.94. The number of amides is 1. The van der Waals surface area contributed by atoms with Gasteiger partial charge < -0.3 is 10.1 Å². The maximum absolute atomic E-state index is 12.5. The highest BCUT2D eigenvalue weighted by atomic mass is 19.4. The molecule has 3 nitrogen and oxygen atoms in total. The van der Waals surface area contributed by atoms with Crippen molar-refractivity contribution in [3.05, 3.63) is 23.8 Å². The predicted molar refractivity (Wildman–Crippen MR) is 47.7 cm³/mol. The Morgan fingerprint density at radius 1 is 1.40 bits per heavy atom. The van der Waals surface area contributed by atoms with Gasteiger partial charge in [-0.15, -0.1) is 0 Å². The quantitative estimate of drug-likeness (QED) is 0.792. The van der Waals surface area contributed by atoms with Crippen LogP contribution in [0.25, 0.3) is 0 Å². The van der Waals surface area contributed by atoms with Gasteiger partial charge in [-0.3, -0.25) is 4.79 Å². The fourth-order valence-electron chi connectivity index (χ4n) is 1.07. The lowest BCUT2D eigenvalue weighted by Crippen LogP contribution is -2.10. The molecule has 0 saturated heterocycles. The zero-order chi connectivity index (χ0) is 11.5. The first kappa shape index (κ1) is 11.4. The molecule has 0 atom stereocenters. The normalized spacial score (nSPS) is 10.9. The summed E-state index contributed by atoms with van der Waals surface area (Å²) < 4.78 is 42.1. The van der Waals surface area contributed by atoms with E-state index in [0.717, 1.165) is 12.1 Å². The molecule has 0 radical (unpaired) electrons. The lowest BCUT2D eigenvalue weighted by atomic mass is 10.1. The topological polar surface area (TPSA) is 38.3 Å². The second-order valence-electron chi connectivity index (χ2n) is 2.67. The number of methoxy groups -OCH3 is 1. The van der Waals surface area contributed by atoms with Crippen molar-refractivity contribution >= 4 is 12.1 Å². The maximum Gasteiger partial charge on any atom is 0.418 e. The zero-order valence-corrected chi connectivity index (χ0v) is 7.76. The molecular weight excluding hydrogens is 211 g/mol. The van der Waals surface area contributed by atoms with Crippen LogP contribution in [0.15, 0.2) is 18.2 Å². The van der Waals surface area contributed by atoms with Crippen molar-refractivity contribution in [3.8, 4) is 5.75 Å². The summed E-state index contributed by atoms with van der Waals surface area (Å²) in [6.45, 7) is 0. The SMILES string of the molecule is COc1ccc(NC=O)c(C(F)(F)F)c1. The van der Waals surface area contributed by atoms with Crippen LogP contribution < -0.4 is 10.1 Å². The number of benzene rings is 1. The van der Waals surface area contributed by atoms with Gasteiger partial charge in [-0.2, -0.15) is 13.2 Å². The highest BCUT2D eigenvalue weighted by Crippen LogP contribution is 2.36. The molecule has 82 valence electrons. The molecule has 1 aromatic carbocycles. The fourth-order valence-corrected chi connectivity index (χ4v) is 1.07. The Morgan fingerprint density at radius 2 is 2.07 bits per heavy atom. The number of ether oxygens (including phenoxy) is 1. The van der Waals surface area contributed by atoms with Crippen LogP contribution in [0, 0.1) is 0 Å². The molecule has 0 spiro atoms. The molecule has 1 aromatic rings. The lowest BCUT2D eigenvalue weighted by molar-refractivity contribution is -0.137. The number of carbonyl (C=O) groups excluding carboxylic acids is 1. The van der Waals surface area contributed by atoms with Crippen molar-refractivity contribution < 1.29 is 22.7 Å². The molecule has 0 aromatic heterocycles. The largest absolute Gasteiger partial charge is 0.497 e. The number of hydrogen-bond acceptors (Lipinski definition) is 2. The van der Waals surface area contributed by atoms with Crippen LogP contribution in [0.4, 0.5) is 18.9 Å². The summed E-state index contributed by atoms with van der Waals surface area (Å²) in [5.41, 5.74) is -1.23. The molecule has 0 unspecified atom stereocenters. The summed E-state index contributed by atoms with van der Waals surface area (Å²) in [4.78, 5) is 10.1. The fraction of sp³-hybridized carbons (Fsp3) is 0.222. The van der Waals surface area contributed by atoms with Gasteiger partial charge >= 0.3 is 6.18 Å². The van der Waals surface area contributed by atoms with Crippen molar-refractivity contribution in [2.45, 2.75) is 6.18 Å². The molecule has 1 amide bonds. The number of alkyl halides is 3. The molecular formula is C9H8F3NO2. The number of carbonyl (C=O) groups is 1. The van der Waals surface area contributed by atoms with Gasteiger partial charge in [-0.1, -0.05) is 0 Å². The minimum atomic E-state index is -4.53. The third-order valence-corrected chi connectivity index (χ3v) is 1.75. The van der Waals surface area contributed by atoms with Gasteiger partial charge in [-0.25, -0.2) is 0 Å². The van der Waals surface area contributed by atoms with Crippen LogP contribution in [-0.2, 0) is 11.0 Å². The van der Waals surface area contributed by atoms with Crippen LogP contribution in [0.3, 0.4) is 0 Å². The minimum Gasteiger partial charge on any atom is -0.497 e. The van der Waals surface area contributed by atoms with E-state index in [-0.39, 0.29) is 17.8 Å². The van der Waals surface area contributed by atoms with E-state index >= 15 is 0 Å². The first-order chi connectivity index (χ1) is 6.99. The van der Waals surface area contributed by atoms with Gasteiger partial charge in [0.1, 0.15) is 5.75 Å². The Labute approximate surface area is 83.8 Å². The second-order valence-corrected chi connectivity index (χ2v) is 2.67. The number of halogens is 3. The number of anilines is 1. The Bertz CT molecular complexity index is 363. The van der Waals surface area contributed by atoms with E-state index < -0.39 is 11.7 Å². The Kier molecular flexibility index (Phi) is 3.18. The summed E-state index contributed by atoms with van der Waals surface area (Å²) in [7, 11) is 1.27. The average molecular weight is 219 g/mol. The predicted octanol–water partition coefficient (Wildman–Crippen LogP) is 2.28. The van der Waals surface area contributed by atoms with Crippen molar-refractivity contribution in [1.82, 2.24) is 0 Å². The van der Waals surface area contributed by atoms with Crippen LogP contribution in [0.1, 0.15) is 5.56 Å². The number of rotatable bonds is 3. The molecule has 0 saturated carbocycles. The van der Waals surface area contributed by atoms with E-state index in [1.165, 1.54) is 13.2 Å². The molecule has 0 aliphatic heterocycles. The van der Waals surface area contributed by atoms with Crippen molar-refractivity contribution in [2.75, 3.05) is 12.4 Å². The van der Waals surface area contributed by atoms with Crippen molar-refractivity contribution in [1.29, 1.82) is 0 Å². The summed E-state index contributed by atoms with van der Waals surface area (Å²) >= 11 is 0. The lowest BCUT2D eigenvalue weighted by Gasteiger charge is -2.12. The Hall–Kier alpha value is -1.72. The second kappa shape index (κ2) is 4.20. The van der Waals surface area contributed by atoms with Gasteiger partial charge in [-0.05, 0) is 18.2 Å². The van der Waals surface area contributed by atoms with Crippen molar-refractivity contribution in [3.63, 3.8) is 0 Å². The molecule has 0 heterocycles. The van der Waals surface area contributed by atoms with E-state index in [4.69, 9.17) is 0 Å². The minimum absolute atomic E-state index is 0.0822. The molecule has 0 fully saturated rings. The van der Waals surface area contributed by atoms with Gasteiger partial charge in [0.15, 0.2) is 0 Å². The van der Waals surface area contributed by atoms with Crippen LogP contribution in [-0.4, -0.2) is 13.5 Å². The molecule has 1 rings (SSSR count). The van der Waals surface area contributed by atoms with Gasteiger partial charge in [0.05, 0.1) is 18.4 Å². The highest BCUT2D eigenvalue weighted by Gasteiger charge is 2.33. The molecule has 15 heavy (non-hydrogen) atoms. The molecule has 0 aliphatic rings. The number of nitrogens with one attached hydrogen (secondary N) is 1. The average Bonchev–Trinajstić information content (AvgIpc) is 2.17. The van der Waals surface area contributed by atoms with Gasteiger partial charge in [0, 0.05) is 0 Å². The van der Waals surface area contributed by atoms with Gasteiger partial charge in [0.25, 0.3) is 0 Å². The van der Waals surface area contributed by atoms with Crippen LogP contribution >= 0.6 is 0 Å². The highest BCUT2D eigenvalue weighted by molar-refractivity contribution is 5.74. The Morgan fingerprint density at radius 3 is 2.53 bits per heavy atom. The van der Waals surface area contributed by atoms with E-state index in [2.05, 4.69) is 4.74 Å². The third kappa shape index (κ3) is 2.61. The van der Waals surface area contributed by atoms with E-state index in [1.54, 1.807) is 0 Å². The maximum atomic E-state index is 12.5. The summed E-state index contributed by atoms with van der Waals surface area (Å²) in [5, 5.41) is 1.98. The number of hydrogen-bond donors (Lipinski definition) is 1. The molecule has 0 bridgehead atoms. The summed E-state index contributed by atoms with van der Waals surface area (Å²) in [6, 6.07) is 3.29. The zero-order valence-electron chi connectivity index (χ0n) is 7.76. The van der Waals surface area contributed by atoms with E-state index in [9.17, 15) is 18.0 Å². The smallest absolute Gasteiger partial charge is 0.418 e. The van der Waals surface area contributed by atoms with E-state index in [1.807, 2.05) is 5.32 Å². The van der Waals surface area contributed by atoms with Crippen molar-refractivity contribution in [2.24, 2.45) is 0 Å². The first-order valence-electron chi connectivity index (χ1n) is 3.94. The Balaban J connectivity index is 3.22.